The van der Waals surface area contributed by atoms with E-state index < -0.39 is 27.5 Å². The second-order valence-electron chi connectivity index (χ2n) is 13.0. The quantitative estimate of drug-likeness (QED) is 0.380. The fourth-order valence-electron chi connectivity index (χ4n) is 6.48. The average molecular weight is 647 g/mol. The molecule has 1 aliphatic carbocycles. The average Bonchev–Trinajstić information content (AvgIpc) is 3.53. The number of nitrogens with one attached hydrogen (secondary N) is 1. The summed E-state index contributed by atoms with van der Waals surface area (Å²) in [6.45, 7) is 4.68. The van der Waals surface area contributed by atoms with Crippen LogP contribution in [0, 0.1) is 11.3 Å². The SMILES string of the molecule is CC1(C)CC2CCCCCc3ccc(nc3)S(=O)(=O)NC(=O)c3ccc(-n4ccc(OCCC5(C(F)(F)F)CC5)n4)nc3N1C2. The number of aryl methyl sites for hydroxylation is 1. The van der Waals surface area contributed by atoms with Gasteiger partial charge in [-0.3, -0.25) is 4.79 Å². The van der Waals surface area contributed by atoms with Crippen LogP contribution in [0.4, 0.5) is 19.0 Å². The molecule has 4 aliphatic rings. The summed E-state index contributed by atoms with van der Waals surface area (Å²) in [4.78, 5) is 24.6. The number of hydrogen-bond donors (Lipinski definition) is 1. The van der Waals surface area contributed by atoms with Crippen molar-refractivity contribution in [2.24, 2.45) is 11.3 Å². The first-order chi connectivity index (χ1) is 21.3. The van der Waals surface area contributed by atoms with Crippen LogP contribution in [0.3, 0.4) is 0 Å². The summed E-state index contributed by atoms with van der Waals surface area (Å²) in [5.74, 6) is 0.343. The normalized spacial score (nSPS) is 22.4. The first-order valence-corrected chi connectivity index (χ1v) is 16.8. The minimum Gasteiger partial charge on any atom is -0.477 e. The number of sulfonamides is 1. The van der Waals surface area contributed by atoms with Crippen LogP contribution in [-0.4, -0.2) is 58.9 Å². The van der Waals surface area contributed by atoms with Gasteiger partial charge in [0, 0.05) is 30.5 Å². The molecular weight excluding hydrogens is 609 g/mol. The van der Waals surface area contributed by atoms with E-state index in [0.29, 0.717) is 24.1 Å². The molecule has 0 radical (unpaired) electrons. The second-order valence-corrected chi connectivity index (χ2v) is 14.7. The molecule has 0 aromatic carbocycles. The van der Waals surface area contributed by atoms with Gasteiger partial charge in [0.25, 0.3) is 15.9 Å². The Morgan fingerprint density at radius 2 is 1.89 bits per heavy atom. The number of amides is 1. The third kappa shape index (κ3) is 6.52. The molecule has 3 aliphatic heterocycles. The molecule has 1 unspecified atom stereocenters. The third-order valence-corrected chi connectivity index (χ3v) is 10.5. The lowest BCUT2D eigenvalue weighted by Crippen LogP contribution is -2.41. The monoisotopic (exact) mass is 646 g/mol. The zero-order valence-electron chi connectivity index (χ0n) is 25.3. The Morgan fingerprint density at radius 1 is 1.09 bits per heavy atom. The van der Waals surface area contributed by atoms with E-state index in [1.807, 2.05) is 0 Å². The molecule has 1 atom stereocenters. The van der Waals surface area contributed by atoms with Crippen molar-refractivity contribution in [2.45, 2.75) is 88.4 Å². The largest absolute Gasteiger partial charge is 0.477 e. The van der Waals surface area contributed by atoms with Crippen molar-refractivity contribution < 1.29 is 31.1 Å². The van der Waals surface area contributed by atoms with Crippen molar-refractivity contribution in [3.8, 4) is 11.7 Å². The van der Waals surface area contributed by atoms with Gasteiger partial charge in [-0.05, 0) is 88.5 Å². The van der Waals surface area contributed by atoms with Crippen LogP contribution in [0.2, 0.25) is 0 Å². The van der Waals surface area contributed by atoms with E-state index in [9.17, 15) is 26.4 Å². The lowest BCUT2D eigenvalue weighted by Gasteiger charge is -2.34. The second kappa shape index (κ2) is 11.6. The van der Waals surface area contributed by atoms with Crippen molar-refractivity contribution in [3.63, 3.8) is 0 Å². The number of pyridine rings is 2. The Balaban J connectivity index is 1.29. The van der Waals surface area contributed by atoms with E-state index >= 15 is 0 Å². The van der Waals surface area contributed by atoms with Crippen LogP contribution in [0.1, 0.15) is 81.1 Å². The Labute approximate surface area is 260 Å². The number of hydrogen-bond acceptors (Lipinski definition) is 8. The summed E-state index contributed by atoms with van der Waals surface area (Å²) in [5.41, 5.74) is -1.00. The lowest BCUT2D eigenvalue weighted by atomic mass is 9.92. The topological polar surface area (TPSA) is 119 Å². The van der Waals surface area contributed by atoms with Gasteiger partial charge in [0.1, 0.15) is 5.82 Å². The van der Waals surface area contributed by atoms with Gasteiger partial charge in [-0.25, -0.2) is 19.4 Å². The number of carbonyl (C=O) groups excluding carboxylic acids is 1. The minimum atomic E-state index is -4.26. The van der Waals surface area contributed by atoms with E-state index in [2.05, 4.69) is 33.6 Å². The molecule has 1 saturated heterocycles. The van der Waals surface area contributed by atoms with E-state index in [1.54, 1.807) is 24.4 Å². The molecule has 3 aromatic rings. The molecule has 1 N–H and O–H groups in total. The molecule has 1 saturated carbocycles. The van der Waals surface area contributed by atoms with E-state index in [1.165, 1.54) is 23.0 Å². The van der Waals surface area contributed by atoms with E-state index in [-0.39, 0.29) is 47.9 Å². The maximum Gasteiger partial charge on any atom is 0.394 e. The van der Waals surface area contributed by atoms with Gasteiger partial charge < -0.3 is 9.64 Å². The summed E-state index contributed by atoms with van der Waals surface area (Å²) in [5, 5.41) is 4.11. The summed E-state index contributed by atoms with van der Waals surface area (Å²) in [7, 11) is -4.26. The van der Waals surface area contributed by atoms with Crippen LogP contribution in [0.25, 0.3) is 5.82 Å². The first-order valence-electron chi connectivity index (χ1n) is 15.3. The van der Waals surface area contributed by atoms with Crippen LogP contribution in [0.5, 0.6) is 5.88 Å². The number of carbonyl (C=O) groups is 1. The zero-order valence-corrected chi connectivity index (χ0v) is 26.1. The predicted molar refractivity (Wildman–Crippen MR) is 160 cm³/mol. The molecule has 2 fully saturated rings. The number of rotatable bonds is 5. The molecular formula is C31H37F3N6O4S. The highest BCUT2D eigenvalue weighted by Gasteiger charge is 2.62. The van der Waals surface area contributed by atoms with E-state index in [4.69, 9.17) is 9.72 Å². The van der Waals surface area contributed by atoms with Crippen LogP contribution >= 0.6 is 0 Å². The fraction of sp³-hybridized carbons (Fsp3) is 0.548. The number of aromatic nitrogens is 4. The Morgan fingerprint density at radius 3 is 2.60 bits per heavy atom. The zero-order chi connectivity index (χ0) is 32.0. The number of halogens is 3. The molecule has 10 nitrogen and oxygen atoms in total. The molecule has 45 heavy (non-hydrogen) atoms. The Kier molecular flexibility index (Phi) is 8.07. The summed E-state index contributed by atoms with van der Waals surface area (Å²) < 4.78 is 75.3. The summed E-state index contributed by atoms with van der Waals surface area (Å²) in [6.07, 6.45) is 4.71. The molecule has 14 heteroatoms. The van der Waals surface area contributed by atoms with Gasteiger partial charge >= 0.3 is 6.18 Å². The van der Waals surface area contributed by atoms with Gasteiger partial charge in [-0.2, -0.15) is 21.6 Å². The molecule has 4 bridgehead atoms. The predicted octanol–water partition coefficient (Wildman–Crippen LogP) is 5.61. The van der Waals surface area contributed by atoms with E-state index in [0.717, 1.165) is 44.1 Å². The summed E-state index contributed by atoms with van der Waals surface area (Å²) in [6, 6.07) is 7.73. The highest BCUT2D eigenvalue weighted by molar-refractivity contribution is 7.90. The number of anilines is 1. The van der Waals surface area contributed by atoms with Crippen LogP contribution in [-0.2, 0) is 16.4 Å². The van der Waals surface area contributed by atoms with Crippen molar-refractivity contribution in [3.05, 3.63) is 53.9 Å². The van der Waals surface area contributed by atoms with Crippen LogP contribution < -0.4 is 14.4 Å². The molecule has 242 valence electrons. The number of fused-ring (bicyclic) bond motifs is 8. The highest BCUT2D eigenvalue weighted by atomic mass is 32.2. The maximum atomic E-state index is 13.6. The molecule has 3 aromatic heterocycles. The minimum absolute atomic E-state index is 0.0856. The molecule has 7 rings (SSSR count). The standard InChI is InChI=1S/C31H37F3N6O4S/c1-29(2)18-22-7-5-3-4-6-21-8-11-26(35-19-21)45(42,43)38-28(41)23-9-10-24(36-27(23)39(29)20-22)40-16-12-25(37-40)44-17-15-30(13-14-30)31(32,33)34/h8-12,16,19,22H,3-7,13-15,17-18,20H2,1-2H3,(H,38,41). The molecule has 0 spiro atoms. The lowest BCUT2D eigenvalue weighted by molar-refractivity contribution is -0.190. The third-order valence-electron chi connectivity index (χ3n) is 9.28. The van der Waals surface area contributed by atoms with Gasteiger partial charge in [-0.15, -0.1) is 5.10 Å². The van der Waals surface area contributed by atoms with Crippen molar-refractivity contribution in [1.82, 2.24) is 24.5 Å². The summed E-state index contributed by atoms with van der Waals surface area (Å²) >= 11 is 0. The Hall–Kier alpha value is -3.68. The highest BCUT2D eigenvalue weighted by Crippen LogP contribution is 2.59. The van der Waals surface area contributed by atoms with Crippen molar-refractivity contribution in [1.29, 1.82) is 0 Å². The van der Waals surface area contributed by atoms with Crippen LogP contribution in [0.15, 0.2) is 47.8 Å². The number of alkyl halides is 3. The van der Waals surface area contributed by atoms with Gasteiger partial charge in [-0.1, -0.05) is 18.9 Å². The number of nitrogens with zero attached hydrogens (tertiary/aromatic N) is 5. The fourth-order valence-corrected chi connectivity index (χ4v) is 7.37. The van der Waals surface area contributed by atoms with Gasteiger partial charge in [0.2, 0.25) is 5.88 Å². The molecule has 6 heterocycles. The number of ether oxygens (including phenoxy) is 1. The first kappa shape index (κ1) is 31.3. The smallest absolute Gasteiger partial charge is 0.394 e. The maximum absolute atomic E-state index is 13.6. The Bertz CT molecular complexity index is 1670. The van der Waals surface area contributed by atoms with Crippen molar-refractivity contribution >= 4 is 21.7 Å². The van der Waals surface area contributed by atoms with Gasteiger partial charge in [0.15, 0.2) is 10.8 Å². The van der Waals surface area contributed by atoms with Crippen molar-refractivity contribution in [2.75, 3.05) is 18.1 Å². The molecule has 1 amide bonds. The van der Waals surface area contributed by atoms with Gasteiger partial charge in [0.05, 0.1) is 17.6 Å².